The van der Waals surface area contributed by atoms with E-state index in [-0.39, 0.29) is 42.6 Å². The lowest BCUT2D eigenvalue weighted by Gasteiger charge is -2.42. The van der Waals surface area contributed by atoms with Gasteiger partial charge in [-0.25, -0.2) is 0 Å². The molecule has 7 nitrogen and oxygen atoms in total. The molecular weight excluding hydrogens is 459 g/mol. The molecule has 0 radical (unpaired) electrons. The largest absolute Gasteiger partial charge is 0.417 e. The second-order valence-corrected chi connectivity index (χ2v) is 9.76. The Morgan fingerprint density at radius 1 is 1.30 bits per heavy atom. The van der Waals surface area contributed by atoms with Gasteiger partial charge in [0.1, 0.15) is 0 Å². The molecule has 2 saturated heterocycles. The zero-order valence-electron chi connectivity index (χ0n) is 19.3. The van der Waals surface area contributed by atoms with E-state index in [1.807, 2.05) is 13.8 Å². The van der Waals surface area contributed by atoms with Gasteiger partial charge < -0.3 is 15.0 Å². The van der Waals surface area contributed by atoms with E-state index in [2.05, 4.69) is 27.0 Å². The molecule has 3 aliphatic heterocycles. The predicted molar refractivity (Wildman–Crippen MR) is 122 cm³/mol. The third-order valence-electron chi connectivity index (χ3n) is 6.62. The van der Waals surface area contributed by atoms with E-state index in [1.165, 1.54) is 4.90 Å². The molecule has 1 amide bonds. The number of morpholine rings is 1. The summed E-state index contributed by atoms with van der Waals surface area (Å²) in [6.45, 7) is 11.9. The van der Waals surface area contributed by atoms with Crippen molar-refractivity contribution in [3.05, 3.63) is 23.5 Å². The molecule has 11 heteroatoms. The number of carbonyl (C=O) groups is 1. The van der Waals surface area contributed by atoms with Gasteiger partial charge in [0.2, 0.25) is 5.91 Å². The van der Waals surface area contributed by atoms with E-state index in [4.69, 9.17) is 4.74 Å². The first-order valence-corrected chi connectivity index (χ1v) is 11.2. The summed E-state index contributed by atoms with van der Waals surface area (Å²) in [6, 6.07) is 1.47. The van der Waals surface area contributed by atoms with Crippen molar-refractivity contribution in [3.63, 3.8) is 0 Å². The second kappa shape index (κ2) is 10.0. The summed E-state index contributed by atoms with van der Waals surface area (Å²) < 4.78 is 45.3. The molecule has 33 heavy (non-hydrogen) atoms. The molecule has 4 rings (SSSR count). The Balaban J connectivity index is 0.00000306. The molecule has 1 N–H and O–H groups in total. The molecule has 0 spiro atoms. The highest BCUT2D eigenvalue weighted by Gasteiger charge is 2.42. The van der Waals surface area contributed by atoms with Crippen LogP contribution in [0.5, 0.6) is 0 Å². The highest BCUT2D eigenvalue weighted by molar-refractivity contribution is 5.97. The molecule has 0 aliphatic carbocycles. The van der Waals surface area contributed by atoms with Crippen LogP contribution in [0.25, 0.3) is 0 Å². The molecule has 1 aromatic heterocycles. The van der Waals surface area contributed by atoms with Gasteiger partial charge in [0.25, 0.3) is 0 Å². The van der Waals surface area contributed by atoms with Crippen LogP contribution in [-0.4, -0.2) is 91.8 Å². The lowest BCUT2D eigenvalue weighted by Crippen LogP contribution is -2.61. The van der Waals surface area contributed by atoms with Crippen LogP contribution in [0.2, 0.25) is 0 Å². The average molecular weight is 492 g/mol. The maximum Gasteiger partial charge on any atom is 0.417 e. The van der Waals surface area contributed by atoms with Crippen molar-refractivity contribution in [2.75, 3.05) is 63.9 Å². The van der Waals surface area contributed by atoms with Gasteiger partial charge in [0.15, 0.2) is 0 Å². The summed E-state index contributed by atoms with van der Waals surface area (Å²) in [5.41, 5.74) is -0.508. The van der Waals surface area contributed by atoms with Crippen LogP contribution in [0, 0.1) is 0 Å². The fourth-order valence-electron chi connectivity index (χ4n) is 4.86. The van der Waals surface area contributed by atoms with Crippen LogP contribution in [0.1, 0.15) is 32.0 Å². The van der Waals surface area contributed by atoms with E-state index in [0.29, 0.717) is 32.0 Å². The molecular formula is C22H33ClF3N5O2. The average Bonchev–Trinajstić information content (AvgIpc) is 3.01. The first-order chi connectivity index (χ1) is 15.0. The van der Waals surface area contributed by atoms with Crippen molar-refractivity contribution >= 4 is 24.0 Å². The van der Waals surface area contributed by atoms with Crippen LogP contribution in [0.15, 0.2) is 12.3 Å². The molecule has 2 fully saturated rings. The summed E-state index contributed by atoms with van der Waals surface area (Å²) in [5.74, 6) is -0.181. The highest BCUT2D eigenvalue weighted by Crippen LogP contribution is 2.42. The minimum absolute atomic E-state index is 0. The number of hydrogen-bond acceptors (Lipinski definition) is 6. The number of nitrogens with zero attached hydrogens (tertiary/aromatic N) is 4. The molecule has 186 valence electrons. The lowest BCUT2D eigenvalue weighted by molar-refractivity contribution is -0.137. The normalized spacial score (nSPS) is 26.1. The fraction of sp³-hybridized carbons (Fsp3) is 0.727. The van der Waals surface area contributed by atoms with Gasteiger partial charge in [-0.1, -0.05) is 13.8 Å². The Bertz CT molecular complexity index is 848. The summed E-state index contributed by atoms with van der Waals surface area (Å²) >= 11 is 0. The van der Waals surface area contributed by atoms with Crippen LogP contribution in [-0.2, 0) is 21.1 Å². The van der Waals surface area contributed by atoms with Crippen LogP contribution in [0.3, 0.4) is 0 Å². The zero-order chi connectivity index (χ0) is 23.1. The van der Waals surface area contributed by atoms with E-state index >= 15 is 0 Å². The molecule has 3 aliphatic rings. The predicted octanol–water partition coefficient (Wildman–Crippen LogP) is 2.14. The van der Waals surface area contributed by atoms with Gasteiger partial charge in [-0.15, -0.1) is 12.4 Å². The minimum Gasteiger partial charge on any atom is -0.379 e. The van der Waals surface area contributed by atoms with Gasteiger partial charge in [-0.05, 0) is 13.0 Å². The number of rotatable bonds is 4. The number of fused-ring (bicyclic) bond motifs is 1. The summed E-state index contributed by atoms with van der Waals surface area (Å²) in [4.78, 5) is 23.5. The smallest absolute Gasteiger partial charge is 0.379 e. The standard InChI is InChI=1S/C22H32F3N5O2.ClH/c1-15-11-29(17(10-26-15)12-28-4-6-32-7-5-28)13-19(31)30-14-21(2,3)20-18(30)8-16(9-27-20)22(23,24)25;/h8-9,15,17,26H,4-7,10-14H2,1-3H3;1H/t15-,17-;/m1./s1. The number of aromatic nitrogens is 1. The van der Waals surface area contributed by atoms with Crippen molar-refractivity contribution in [1.29, 1.82) is 0 Å². The Morgan fingerprint density at radius 3 is 2.67 bits per heavy atom. The number of carbonyl (C=O) groups excluding carboxylic acids is 1. The van der Waals surface area contributed by atoms with Crippen molar-refractivity contribution in [2.45, 2.75) is 44.4 Å². The Labute approximate surface area is 199 Å². The molecule has 0 bridgehead atoms. The SMILES string of the molecule is C[C@@H]1CN(CC(=O)N2CC(C)(C)c3ncc(C(F)(F)F)cc32)[C@@H](CN2CCOCC2)CN1.Cl. The first-order valence-electron chi connectivity index (χ1n) is 11.2. The number of ether oxygens (including phenoxy) is 1. The molecule has 2 atom stereocenters. The number of piperazine rings is 1. The van der Waals surface area contributed by atoms with Gasteiger partial charge >= 0.3 is 6.18 Å². The van der Waals surface area contributed by atoms with Gasteiger partial charge in [0.05, 0.1) is 36.7 Å². The number of anilines is 1. The number of nitrogens with one attached hydrogen (secondary N) is 1. The van der Waals surface area contributed by atoms with E-state index < -0.39 is 17.2 Å². The maximum absolute atomic E-state index is 13.4. The van der Waals surface area contributed by atoms with E-state index in [0.717, 1.165) is 38.4 Å². The van der Waals surface area contributed by atoms with Crippen LogP contribution < -0.4 is 10.2 Å². The fourth-order valence-corrected chi connectivity index (χ4v) is 4.86. The van der Waals surface area contributed by atoms with E-state index in [1.54, 1.807) is 0 Å². The summed E-state index contributed by atoms with van der Waals surface area (Å²) in [6.07, 6.45) is -3.63. The number of hydrogen-bond donors (Lipinski definition) is 1. The zero-order valence-corrected chi connectivity index (χ0v) is 20.1. The van der Waals surface area contributed by atoms with Crippen molar-refractivity contribution in [1.82, 2.24) is 20.1 Å². The van der Waals surface area contributed by atoms with Gasteiger partial charge in [-0.2, -0.15) is 13.2 Å². The monoisotopic (exact) mass is 491 g/mol. The minimum atomic E-state index is -4.50. The topological polar surface area (TPSA) is 60.9 Å². The second-order valence-electron chi connectivity index (χ2n) is 9.76. The quantitative estimate of drug-likeness (QED) is 0.696. The lowest BCUT2D eigenvalue weighted by atomic mass is 9.91. The van der Waals surface area contributed by atoms with E-state index in [9.17, 15) is 18.0 Å². The van der Waals surface area contributed by atoms with Crippen molar-refractivity contribution in [3.8, 4) is 0 Å². The Kier molecular flexibility index (Phi) is 7.95. The molecule has 0 aromatic carbocycles. The summed E-state index contributed by atoms with van der Waals surface area (Å²) in [5, 5.41) is 3.49. The molecule has 1 aromatic rings. The first kappa shape index (κ1) is 26.2. The van der Waals surface area contributed by atoms with Crippen LogP contribution >= 0.6 is 12.4 Å². The van der Waals surface area contributed by atoms with Crippen LogP contribution in [0.4, 0.5) is 18.9 Å². The number of halogens is 4. The highest BCUT2D eigenvalue weighted by atomic mass is 35.5. The number of amides is 1. The number of alkyl halides is 3. The maximum atomic E-state index is 13.4. The molecule has 0 unspecified atom stereocenters. The number of pyridine rings is 1. The van der Waals surface area contributed by atoms with Gasteiger partial charge in [-0.3, -0.25) is 19.6 Å². The third-order valence-corrected chi connectivity index (χ3v) is 6.62. The Hall–Kier alpha value is -1.46. The summed E-state index contributed by atoms with van der Waals surface area (Å²) in [7, 11) is 0. The van der Waals surface area contributed by atoms with Gasteiger partial charge in [0, 0.05) is 63.0 Å². The van der Waals surface area contributed by atoms with Crippen molar-refractivity contribution in [2.24, 2.45) is 0 Å². The molecule has 4 heterocycles. The Morgan fingerprint density at radius 2 is 2.00 bits per heavy atom. The van der Waals surface area contributed by atoms with Crippen molar-refractivity contribution < 1.29 is 22.7 Å². The third kappa shape index (κ3) is 5.79. The molecule has 0 saturated carbocycles.